The molecule has 19 heavy (non-hydrogen) atoms. The minimum Gasteiger partial charge on any atom is -0.482 e. The zero-order chi connectivity index (χ0) is 13.4. The molecule has 0 aliphatic carbocycles. The quantitative estimate of drug-likeness (QED) is 0.882. The molecule has 5 nitrogen and oxygen atoms in total. The third-order valence-corrected chi connectivity index (χ3v) is 3.72. The van der Waals surface area contributed by atoms with Crippen molar-refractivity contribution in [1.82, 2.24) is 0 Å². The lowest BCUT2D eigenvalue weighted by atomic mass is 10.1. The molecule has 0 unspecified atom stereocenters. The van der Waals surface area contributed by atoms with Crippen molar-refractivity contribution in [3.05, 3.63) is 35.2 Å². The van der Waals surface area contributed by atoms with Crippen molar-refractivity contribution < 1.29 is 19.4 Å². The summed E-state index contributed by atoms with van der Waals surface area (Å²) in [5.41, 5.74) is 1.72. The van der Waals surface area contributed by atoms with E-state index in [-0.39, 0.29) is 18.1 Å². The topological polar surface area (TPSA) is 75.6 Å². The highest BCUT2D eigenvalue weighted by Crippen LogP contribution is 2.35. The van der Waals surface area contributed by atoms with Crippen molar-refractivity contribution in [3.63, 3.8) is 0 Å². The van der Waals surface area contributed by atoms with Gasteiger partial charge in [0.2, 0.25) is 0 Å². The number of nitrogens with one attached hydrogen (secondary N) is 1. The van der Waals surface area contributed by atoms with Crippen LogP contribution in [0, 0.1) is 0 Å². The summed E-state index contributed by atoms with van der Waals surface area (Å²) >= 11 is 1.35. The summed E-state index contributed by atoms with van der Waals surface area (Å²) in [6, 6.07) is 7.00. The summed E-state index contributed by atoms with van der Waals surface area (Å²) in [4.78, 5) is 22.9. The Morgan fingerprint density at radius 2 is 2.21 bits per heavy atom. The number of ether oxygens (including phenoxy) is 1. The highest BCUT2D eigenvalue weighted by molar-refractivity contribution is 7.13. The fourth-order valence-corrected chi connectivity index (χ4v) is 2.72. The number of thiophene rings is 1. The molecule has 6 heteroatoms. The molecule has 0 saturated carbocycles. The predicted molar refractivity (Wildman–Crippen MR) is 70.8 cm³/mol. The van der Waals surface area contributed by atoms with Crippen LogP contribution in [0.25, 0.3) is 10.4 Å². The van der Waals surface area contributed by atoms with Crippen LogP contribution in [0.5, 0.6) is 5.75 Å². The number of carboxylic acid groups (broad SMARTS) is 1. The van der Waals surface area contributed by atoms with Crippen molar-refractivity contribution in [2.45, 2.75) is 0 Å². The number of carboxylic acids is 1. The summed E-state index contributed by atoms with van der Waals surface area (Å²) in [6.45, 7) is 0.0223. The Labute approximate surface area is 112 Å². The number of fused-ring (bicyclic) bond motifs is 1. The Morgan fingerprint density at radius 1 is 1.37 bits per heavy atom. The molecule has 2 heterocycles. The summed E-state index contributed by atoms with van der Waals surface area (Å²) in [6.07, 6.45) is 0. The Morgan fingerprint density at radius 3 is 2.95 bits per heavy atom. The van der Waals surface area contributed by atoms with Gasteiger partial charge in [0.25, 0.3) is 5.91 Å². The number of anilines is 1. The molecular formula is C13H9NO4S. The van der Waals surface area contributed by atoms with E-state index in [2.05, 4.69) is 5.32 Å². The van der Waals surface area contributed by atoms with E-state index in [9.17, 15) is 9.59 Å². The molecule has 1 aliphatic rings. The first-order valence-electron chi connectivity index (χ1n) is 5.52. The maximum atomic E-state index is 11.3. The number of aromatic carboxylic acids is 1. The van der Waals surface area contributed by atoms with Gasteiger partial charge in [-0.05, 0) is 29.8 Å². The molecule has 1 aromatic heterocycles. The van der Waals surface area contributed by atoms with Crippen LogP contribution in [0.1, 0.15) is 10.4 Å². The van der Waals surface area contributed by atoms with Gasteiger partial charge in [0.1, 0.15) is 5.75 Å². The number of rotatable bonds is 2. The van der Waals surface area contributed by atoms with Gasteiger partial charge >= 0.3 is 5.97 Å². The number of benzene rings is 1. The van der Waals surface area contributed by atoms with Gasteiger partial charge < -0.3 is 15.2 Å². The SMILES string of the molecule is O=C1COc2ccc(-c3cc(C(=O)O)cs3)cc2N1. The fraction of sp³-hybridized carbons (Fsp3) is 0.0769. The highest BCUT2D eigenvalue weighted by atomic mass is 32.1. The number of carbonyl (C=O) groups excluding carboxylic acids is 1. The van der Waals surface area contributed by atoms with Crippen LogP contribution in [0.4, 0.5) is 5.69 Å². The summed E-state index contributed by atoms with van der Waals surface area (Å²) in [7, 11) is 0. The highest BCUT2D eigenvalue weighted by Gasteiger charge is 2.17. The van der Waals surface area contributed by atoms with Gasteiger partial charge in [-0.3, -0.25) is 4.79 Å². The molecule has 2 aromatic rings. The maximum Gasteiger partial charge on any atom is 0.336 e. The molecule has 1 amide bonds. The van der Waals surface area contributed by atoms with Crippen molar-refractivity contribution >= 4 is 28.9 Å². The van der Waals surface area contributed by atoms with Crippen LogP contribution in [0.3, 0.4) is 0 Å². The molecule has 96 valence electrons. The summed E-state index contributed by atoms with van der Waals surface area (Å²) in [5, 5.41) is 13.2. The molecule has 0 spiro atoms. The van der Waals surface area contributed by atoms with E-state index in [4.69, 9.17) is 9.84 Å². The van der Waals surface area contributed by atoms with Gasteiger partial charge in [-0.15, -0.1) is 11.3 Å². The summed E-state index contributed by atoms with van der Waals surface area (Å²) < 4.78 is 5.27. The van der Waals surface area contributed by atoms with Gasteiger partial charge in [-0.25, -0.2) is 4.79 Å². The molecule has 2 N–H and O–H groups in total. The number of carbonyl (C=O) groups is 2. The first-order chi connectivity index (χ1) is 9.13. The zero-order valence-corrected chi connectivity index (χ0v) is 10.5. The lowest BCUT2D eigenvalue weighted by Crippen LogP contribution is -2.25. The Hall–Kier alpha value is -2.34. The minimum absolute atomic E-state index is 0.0223. The van der Waals surface area contributed by atoms with Crippen molar-refractivity contribution in [2.75, 3.05) is 11.9 Å². The van der Waals surface area contributed by atoms with E-state index in [1.54, 1.807) is 23.6 Å². The van der Waals surface area contributed by atoms with E-state index in [1.165, 1.54) is 11.3 Å². The molecule has 0 fully saturated rings. The zero-order valence-electron chi connectivity index (χ0n) is 9.67. The number of hydrogen-bond acceptors (Lipinski definition) is 4. The monoisotopic (exact) mass is 275 g/mol. The molecule has 1 aromatic carbocycles. The molecule has 0 bridgehead atoms. The minimum atomic E-state index is -0.947. The maximum absolute atomic E-state index is 11.3. The van der Waals surface area contributed by atoms with Crippen molar-refractivity contribution in [1.29, 1.82) is 0 Å². The van der Waals surface area contributed by atoms with Crippen molar-refractivity contribution in [3.8, 4) is 16.2 Å². The molecular weight excluding hydrogens is 266 g/mol. The second kappa shape index (κ2) is 4.40. The largest absolute Gasteiger partial charge is 0.482 e. The van der Waals surface area contributed by atoms with Crippen LogP contribution in [-0.2, 0) is 4.79 Å². The smallest absolute Gasteiger partial charge is 0.336 e. The Bertz CT molecular complexity index is 677. The average molecular weight is 275 g/mol. The van der Waals surface area contributed by atoms with E-state index >= 15 is 0 Å². The van der Waals surface area contributed by atoms with Crippen LogP contribution < -0.4 is 10.1 Å². The Balaban J connectivity index is 1.99. The van der Waals surface area contributed by atoms with Crippen LogP contribution in [0.15, 0.2) is 29.6 Å². The van der Waals surface area contributed by atoms with Gasteiger partial charge in [0, 0.05) is 10.3 Å². The molecule has 3 rings (SSSR count). The average Bonchev–Trinajstić information content (AvgIpc) is 2.87. The third kappa shape index (κ3) is 2.17. The van der Waals surface area contributed by atoms with Gasteiger partial charge in [-0.2, -0.15) is 0 Å². The predicted octanol–water partition coefficient (Wildman–Crippen LogP) is 2.44. The lowest BCUT2D eigenvalue weighted by molar-refractivity contribution is -0.118. The Kier molecular flexibility index (Phi) is 2.72. The van der Waals surface area contributed by atoms with Gasteiger partial charge in [0.05, 0.1) is 11.3 Å². The fourth-order valence-electron chi connectivity index (χ4n) is 1.84. The lowest BCUT2D eigenvalue weighted by Gasteiger charge is -2.18. The van der Waals surface area contributed by atoms with Gasteiger partial charge in [-0.1, -0.05) is 0 Å². The number of amides is 1. The molecule has 0 radical (unpaired) electrons. The van der Waals surface area contributed by atoms with E-state index in [0.29, 0.717) is 11.4 Å². The van der Waals surface area contributed by atoms with Crippen LogP contribution >= 0.6 is 11.3 Å². The molecule has 0 saturated heterocycles. The first-order valence-corrected chi connectivity index (χ1v) is 6.40. The first kappa shape index (κ1) is 11.7. The van der Waals surface area contributed by atoms with E-state index in [0.717, 1.165) is 10.4 Å². The third-order valence-electron chi connectivity index (χ3n) is 2.74. The standard InChI is InChI=1S/C13H9NO4S/c15-12-5-18-10-2-1-7(3-9(10)14-12)11-4-8(6-19-11)13(16)17/h1-4,6H,5H2,(H,14,15)(H,16,17). The molecule has 0 atom stereocenters. The van der Waals surface area contributed by atoms with E-state index in [1.807, 2.05) is 6.07 Å². The van der Waals surface area contributed by atoms with Gasteiger partial charge in [0.15, 0.2) is 6.61 Å². The van der Waals surface area contributed by atoms with Crippen LogP contribution in [-0.4, -0.2) is 23.6 Å². The second-order valence-corrected chi connectivity index (χ2v) is 4.96. The van der Waals surface area contributed by atoms with Crippen molar-refractivity contribution in [2.24, 2.45) is 0 Å². The normalized spacial score (nSPS) is 13.4. The second-order valence-electron chi connectivity index (χ2n) is 4.05. The van der Waals surface area contributed by atoms with E-state index < -0.39 is 5.97 Å². The number of hydrogen-bond donors (Lipinski definition) is 2. The summed E-state index contributed by atoms with van der Waals surface area (Å²) in [5.74, 6) is -0.516. The van der Waals surface area contributed by atoms with Crippen LogP contribution in [0.2, 0.25) is 0 Å². The molecule has 1 aliphatic heterocycles.